The molecule has 4 nitrogen and oxygen atoms in total. The van der Waals surface area contributed by atoms with E-state index in [1.54, 1.807) is 23.1 Å². The Morgan fingerprint density at radius 2 is 2.29 bits per heavy atom. The predicted octanol–water partition coefficient (Wildman–Crippen LogP) is 2.41. The Balaban J connectivity index is 2.94. The smallest absolute Gasteiger partial charge is 0.255 e. The van der Waals surface area contributed by atoms with Crippen LogP contribution in [0.2, 0.25) is 0 Å². The third kappa shape index (κ3) is 3.21. The molecule has 0 unspecified atom stereocenters. The standard InChI is InChI=1S/C12H14BrN3O/c1-2-16(8-4-7-14)12(17)9-5-3-6-10(15)11(9)13/h3,5-6H,2,4,8,15H2,1H3. The van der Waals surface area contributed by atoms with Crippen molar-refractivity contribution in [2.75, 3.05) is 18.8 Å². The summed E-state index contributed by atoms with van der Waals surface area (Å²) in [6.45, 7) is 2.89. The fourth-order valence-corrected chi connectivity index (χ4v) is 1.91. The predicted molar refractivity (Wildman–Crippen MR) is 70.4 cm³/mol. The van der Waals surface area contributed by atoms with Crippen LogP contribution in [-0.2, 0) is 0 Å². The van der Waals surface area contributed by atoms with E-state index < -0.39 is 0 Å². The normalized spacial score (nSPS) is 9.71. The minimum atomic E-state index is -0.109. The van der Waals surface area contributed by atoms with Crippen LogP contribution in [0.4, 0.5) is 5.69 Å². The number of anilines is 1. The van der Waals surface area contributed by atoms with Crippen LogP contribution in [0.3, 0.4) is 0 Å². The molecule has 0 saturated heterocycles. The van der Waals surface area contributed by atoms with Gasteiger partial charge < -0.3 is 10.6 Å². The number of carbonyl (C=O) groups excluding carboxylic acids is 1. The van der Waals surface area contributed by atoms with Gasteiger partial charge in [0.2, 0.25) is 0 Å². The molecule has 1 amide bonds. The van der Waals surface area contributed by atoms with Gasteiger partial charge in [-0.1, -0.05) is 6.07 Å². The largest absolute Gasteiger partial charge is 0.398 e. The van der Waals surface area contributed by atoms with Gasteiger partial charge in [0.1, 0.15) is 0 Å². The summed E-state index contributed by atoms with van der Waals surface area (Å²) < 4.78 is 0.611. The van der Waals surface area contributed by atoms with Crippen molar-refractivity contribution in [1.82, 2.24) is 4.90 Å². The second-order valence-corrected chi connectivity index (χ2v) is 4.29. The maximum Gasteiger partial charge on any atom is 0.255 e. The zero-order chi connectivity index (χ0) is 12.8. The van der Waals surface area contributed by atoms with Gasteiger partial charge in [-0.25, -0.2) is 0 Å². The lowest BCUT2D eigenvalue weighted by Gasteiger charge is -2.20. The first-order valence-electron chi connectivity index (χ1n) is 5.32. The van der Waals surface area contributed by atoms with E-state index in [2.05, 4.69) is 15.9 Å². The summed E-state index contributed by atoms with van der Waals surface area (Å²) in [7, 11) is 0. The molecular weight excluding hydrogens is 282 g/mol. The molecule has 5 heteroatoms. The van der Waals surface area contributed by atoms with Gasteiger partial charge in [0.25, 0.3) is 5.91 Å². The number of nitrogens with zero attached hydrogens (tertiary/aromatic N) is 2. The molecule has 0 bridgehead atoms. The molecule has 0 atom stereocenters. The van der Waals surface area contributed by atoms with E-state index in [1.807, 2.05) is 13.0 Å². The first-order chi connectivity index (χ1) is 8.11. The Kier molecular flexibility index (Phi) is 4.98. The summed E-state index contributed by atoms with van der Waals surface area (Å²) in [5.74, 6) is -0.109. The van der Waals surface area contributed by atoms with Crippen LogP contribution in [0.5, 0.6) is 0 Å². The number of nitrogens with two attached hydrogens (primary N) is 1. The van der Waals surface area contributed by atoms with Crippen LogP contribution in [0.25, 0.3) is 0 Å². The Labute approximate surface area is 109 Å². The molecule has 2 N–H and O–H groups in total. The van der Waals surface area contributed by atoms with Crippen LogP contribution in [-0.4, -0.2) is 23.9 Å². The average Bonchev–Trinajstić information content (AvgIpc) is 2.33. The number of carbonyl (C=O) groups is 1. The van der Waals surface area contributed by atoms with Gasteiger partial charge in [-0.3, -0.25) is 4.79 Å². The van der Waals surface area contributed by atoms with Crippen LogP contribution in [0.1, 0.15) is 23.7 Å². The van der Waals surface area contributed by atoms with Crippen molar-refractivity contribution in [1.29, 1.82) is 5.26 Å². The third-order valence-corrected chi connectivity index (χ3v) is 3.31. The molecule has 0 aliphatic rings. The summed E-state index contributed by atoms with van der Waals surface area (Å²) in [5, 5.41) is 8.54. The molecule has 90 valence electrons. The van der Waals surface area contributed by atoms with Gasteiger partial charge in [-0.2, -0.15) is 5.26 Å². The molecule has 0 saturated carbocycles. The Hall–Kier alpha value is -1.54. The van der Waals surface area contributed by atoms with Crippen molar-refractivity contribution in [2.24, 2.45) is 0 Å². The number of hydrogen-bond acceptors (Lipinski definition) is 3. The maximum absolute atomic E-state index is 12.2. The van der Waals surface area contributed by atoms with Gasteiger partial charge in [-0.15, -0.1) is 0 Å². The summed E-state index contributed by atoms with van der Waals surface area (Å²) in [6.07, 6.45) is 0.333. The van der Waals surface area contributed by atoms with Gasteiger partial charge in [-0.05, 0) is 35.0 Å². The number of rotatable bonds is 4. The van der Waals surface area contributed by atoms with E-state index in [0.29, 0.717) is 35.2 Å². The highest BCUT2D eigenvalue weighted by atomic mass is 79.9. The maximum atomic E-state index is 12.2. The second-order valence-electron chi connectivity index (χ2n) is 3.50. The summed E-state index contributed by atoms with van der Waals surface area (Å²) in [5.41, 5.74) is 6.80. The van der Waals surface area contributed by atoms with E-state index in [0.717, 1.165) is 0 Å². The summed E-state index contributed by atoms with van der Waals surface area (Å²) in [6, 6.07) is 7.22. The van der Waals surface area contributed by atoms with Gasteiger partial charge >= 0.3 is 0 Å². The third-order valence-electron chi connectivity index (χ3n) is 2.42. The van der Waals surface area contributed by atoms with Crippen molar-refractivity contribution >= 4 is 27.5 Å². The van der Waals surface area contributed by atoms with E-state index in [4.69, 9.17) is 11.0 Å². The highest BCUT2D eigenvalue weighted by Crippen LogP contribution is 2.24. The lowest BCUT2D eigenvalue weighted by atomic mass is 10.1. The molecule has 0 aromatic heterocycles. The zero-order valence-electron chi connectivity index (χ0n) is 9.61. The molecule has 1 aromatic carbocycles. The number of halogens is 1. The molecule has 1 aromatic rings. The lowest BCUT2D eigenvalue weighted by molar-refractivity contribution is 0.0767. The Morgan fingerprint density at radius 3 is 2.88 bits per heavy atom. The van der Waals surface area contributed by atoms with E-state index >= 15 is 0 Å². The van der Waals surface area contributed by atoms with Crippen molar-refractivity contribution in [3.63, 3.8) is 0 Å². The Morgan fingerprint density at radius 1 is 1.59 bits per heavy atom. The zero-order valence-corrected chi connectivity index (χ0v) is 11.2. The fourth-order valence-electron chi connectivity index (χ4n) is 1.47. The molecule has 17 heavy (non-hydrogen) atoms. The first kappa shape index (κ1) is 13.5. The van der Waals surface area contributed by atoms with Crippen molar-refractivity contribution in [3.8, 4) is 6.07 Å². The van der Waals surface area contributed by atoms with Gasteiger partial charge in [0.05, 0.1) is 22.5 Å². The Bertz CT molecular complexity index is 454. The molecule has 1 rings (SSSR count). The van der Waals surface area contributed by atoms with E-state index in [9.17, 15) is 4.79 Å². The summed E-state index contributed by atoms with van der Waals surface area (Å²) in [4.78, 5) is 13.8. The number of amides is 1. The molecule has 0 fully saturated rings. The minimum absolute atomic E-state index is 0.109. The van der Waals surface area contributed by atoms with Gasteiger partial charge in [0, 0.05) is 18.8 Å². The molecule has 0 radical (unpaired) electrons. The van der Waals surface area contributed by atoms with E-state index in [-0.39, 0.29) is 5.91 Å². The topological polar surface area (TPSA) is 70.1 Å². The van der Waals surface area contributed by atoms with Crippen LogP contribution in [0.15, 0.2) is 22.7 Å². The molecule has 0 spiro atoms. The van der Waals surface area contributed by atoms with Crippen LogP contribution >= 0.6 is 15.9 Å². The molecule has 0 heterocycles. The molecule has 0 aliphatic carbocycles. The first-order valence-corrected chi connectivity index (χ1v) is 6.11. The molecule has 0 aliphatic heterocycles. The second kappa shape index (κ2) is 6.26. The van der Waals surface area contributed by atoms with Crippen LogP contribution < -0.4 is 5.73 Å². The SMILES string of the molecule is CCN(CCC#N)C(=O)c1cccc(N)c1Br. The highest BCUT2D eigenvalue weighted by Gasteiger charge is 2.17. The minimum Gasteiger partial charge on any atom is -0.398 e. The van der Waals surface area contributed by atoms with Crippen molar-refractivity contribution < 1.29 is 4.79 Å². The van der Waals surface area contributed by atoms with Gasteiger partial charge in [0.15, 0.2) is 0 Å². The highest BCUT2D eigenvalue weighted by molar-refractivity contribution is 9.10. The van der Waals surface area contributed by atoms with Crippen molar-refractivity contribution in [2.45, 2.75) is 13.3 Å². The van der Waals surface area contributed by atoms with Crippen molar-refractivity contribution in [3.05, 3.63) is 28.2 Å². The molecular formula is C12H14BrN3O. The number of hydrogen-bond donors (Lipinski definition) is 1. The summed E-state index contributed by atoms with van der Waals surface area (Å²) >= 11 is 3.31. The van der Waals surface area contributed by atoms with Crippen LogP contribution in [0, 0.1) is 11.3 Å². The fraction of sp³-hybridized carbons (Fsp3) is 0.333. The number of nitriles is 1. The monoisotopic (exact) mass is 295 g/mol. The van der Waals surface area contributed by atoms with E-state index in [1.165, 1.54) is 0 Å². The number of nitrogen functional groups attached to an aromatic ring is 1. The average molecular weight is 296 g/mol. The number of benzene rings is 1. The lowest BCUT2D eigenvalue weighted by Crippen LogP contribution is -2.32. The quantitative estimate of drug-likeness (QED) is 0.867.